The monoisotopic (exact) mass is 346 g/mol. The van der Waals surface area contributed by atoms with Gasteiger partial charge in [0.05, 0.1) is 6.04 Å². The molecular weight excluding hydrogens is 325 g/mol. The van der Waals surface area contributed by atoms with Crippen LogP contribution in [0.1, 0.15) is 56.3 Å². The topological polar surface area (TPSA) is 71.3 Å². The number of alkyl halides is 3. The van der Waals surface area contributed by atoms with E-state index < -0.39 is 30.2 Å². The van der Waals surface area contributed by atoms with E-state index >= 15 is 0 Å². The first-order valence-electron chi connectivity index (χ1n) is 8.30. The van der Waals surface area contributed by atoms with Crippen molar-refractivity contribution < 1.29 is 22.5 Å². The Hall–Kier alpha value is -1.80. The number of halogens is 3. The second-order valence-electron chi connectivity index (χ2n) is 6.54. The van der Waals surface area contributed by atoms with Gasteiger partial charge in [0.25, 0.3) is 0 Å². The molecule has 0 unspecified atom stereocenters. The molecule has 2 aliphatic rings. The van der Waals surface area contributed by atoms with E-state index in [-0.39, 0.29) is 0 Å². The van der Waals surface area contributed by atoms with Gasteiger partial charge < -0.3 is 14.7 Å². The van der Waals surface area contributed by atoms with E-state index in [1.807, 2.05) is 0 Å². The third kappa shape index (κ3) is 3.49. The fraction of sp³-hybridized carbons (Fsp3) is 0.800. The molecule has 3 rings (SSSR count). The van der Waals surface area contributed by atoms with Crippen LogP contribution in [0.25, 0.3) is 0 Å². The molecule has 1 aliphatic heterocycles. The third-order valence-electron chi connectivity index (χ3n) is 4.86. The first-order chi connectivity index (χ1) is 11.4. The molecule has 1 saturated heterocycles. The summed E-state index contributed by atoms with van der Waals surface area (Å²) in [6, 6.07) is -2.92. The predicted octanol–water partition coefficient (Wildman–Crippen LogP) is 3.35. The summed E-state index contributed by atoms with van der Waals surface area (Å²) in [7, 11) is 0. The maximum absolute atomic E-state index is 13.4. The summed E-state index contributed by atoms with van der Waals surface area (Å²) in [5.41, 5.74) is 0. The van der Waals surface area contributed by atoms with E-state index in [0.29, 0.717) is 43.9 Å². The van der Waals surface area contributed by atoms with Gasteiger partial charge in [-0.1, -0.05) is 18.0 Å². The third-order valence-corrected chi connectivity index (χ3v) is 4.86. The molecule has 1 N–H and O–H groups in total. The highest BCUT2D eigenvalue weighted by Gasteiger charge is 2.47. The number of nitrogens with zero attached hydrogens (tertiary/aromatic N) is 3. The highest BCUT2D eigenvalue weighted by molar-refractivity contribution is 5.75. The molecule has 2 amide bonds. The zero-order valence-corrected chi connectivity index (χ0v) is 13.5. The average Bonchev–Trinajstić information content (AvgIpc) is 3.23. The second kappa shape index (κ2) is 6.60. The van der Waals surface area contributed by atoms with E-state index in [0.717, 1.165) is 12.8 Å². The van der Waals surface area contributed by atoms with Gasteiger partial charge in [-0.15, -0.1) is 0 Å². The molecule has 1 aromatic heterocycles. The van der Waals surface area contributed by atoms with E-state index in [1.54, 1.807) is 6.92 Å². The van der Waals surface area contributed by atoms with Crippen LogP contribution in [0.5, 0.6) is 0 Å². The summed E-state index contributed by atoms with van der Waals surface area (Å²) in [5, 5.41) is 6.03. The summed E-state index contributed by atoms with van der Waals surface area (Å²) in [6.45, 7) is 2.02. The Morgan fingerprint density at radius 3 is 2.58 bits per heavy atom. The van der Waals surface area contributed by atoms with Crippen LogP contribution in [0.15, 0.2) is 4.52 Å². The van der Waals surface area contributed by atoms with Crippen molar-refractivity contribution >= 4 is 6.03 Å². The molecular formula is C15H21F3N4O2. The van der Waals surface area contributed by atoms with Crippen LogP contribution in [0, 0.1) is 12.8 Å². The minimum Gasteiger partial charge on any atom is -0.340 e. The molecule has 1 aliphatic carbocycles. The van der Waals surface area contributed by atoms with E-state index in [2.05, 4.69) is 15.5 Å². The molecule has 0 spiro atoms. The van der Waals surface area contributed by atoms with Crippen molar-refractivity contribution in [1.82, 2.24) is 20.4 Å². The van der Waals surface area contributed by atoms with Crippen molar-refractivity contribution in [2.75, 3.05) is 6.54 Å². The Kier molecular flexibility index (Phi) is 4.69. The van der Waals surface area contributed by atoms with Crippen molar-refractivity contribution in [3.63, 3.8) is 0 Å². The number of nitrogens with one attached hydrogen (secondary N) is 1. The van der Waals surface area contributed by atoms with Crippen molar-refractivity contribution in [2.24, 2.45) is 5.92 Å². The first-order valence-corrected chi connectivity index (χ1v) is 8.30. The van der Waals surface area contributed by atoms with Gasteiger partial charge in [0.2, 0.25) is 5.89 Å². The number of hydrogen-bond donors (Lipinski definition) is 1. The minimum atomic E-state index is -4.44. The zero-order valence-electron chi connectivity index (χ0n) is 13.5. The highest BCUT2D eigenvalue weighted by Crippen LogP contribution is 2.36. The summed E-state index contributed by atoms with van der Waals surface area (Å²) in [4.78, 5) is 18.0. The lowest BCUT2D eigenvalue weighted by atomic mass is 9.98. The Labute approximate surface area is 137 Å². The van der Waals surface area contributed by atoms with E-state index in [9.17, 15) is 18.0 Å². The van der Waals surface area contributed by atoms with Gasteiger partial charge in [-0.2, -0.15) is 18.2 Å². The molecule has 134 valence electrons. The van der Waals surface area contributed by atoms with Gasteiger partial charge in [-0.3, -0.25) is 0 Å². The number of rotatable bonds is 3. The van der Waals surface area contributed by atoms with Gasteiger partial charge >= 0.3 is 12.2 Å². The molecule has 9 heteroatoms. The minimum absolute atomic E-state index is 0.351. The lowest BCUT2D eigenvalue weighted by molar-refractivity contribution is -0.165. The Balaban J connectivity index is 1.72. The molecule has 24 heavy (non-hydrogen) atoms. The largest absolute Gasteiger partial charge is 0.408 e. The number of carbonyl (C=O) groups is 1. The van der Waals surface area contributed by atoms with Crippen LogP contribution in [-0.4, -0.2) is 39.8 Å². The molecule has 0 aromatic carbocycles. The smallest absolute Gasteiger partial charge is 0.340 e. The van der Waals surface area contributed by atoms with E-state index in [4.69, 9.17) is 4.52 Å². The Morgan fingerprint density at radius 2 is 2.00 bits per heavy atom. The van der Waals surface area contributed by atoms with Crippen LogP contribution in [0.3, 0.4) is 0 Å². The Morgan fingerprint density at radius 1 is 1.29 bits per heavy atom. The van der Waals surface area contributed by atoms with Crippen molar-refractivity contribution in [3.8, 4) is 0 Å². The highest BCUT2D eigenvalue weighted by atomic mass is 19.4. The van der Waals surface area contributed by atoms with Crippen LogP contribution < -0.4 is 5.32 Å². The summed E-state index contributed by atoms with van der Waals surface area (Å²) in [6.07, 6.45) is -0.570. The lowest BCUT2D eigenvalue weighted by Gasteiger charge is -2.30. The maximum atomic E-state index is 13.4. The number of carbonyl (C=O) groups excluding carboxylic acids is 1. The summed E-state index contributed by atoms with van der Waals surface area (Å²) < 4.78 is 45.0. The number of likely N-dealkylation sites (tertiary alicyclic amines) is 1. The van der Waals surface area contributed by atoms with Gasteiger partial charge in [0.15, 0.2) is 5.82 Å². The number of amides is 2. The van der Waals surface area contributed by atoms with Crippen LogP contribution in [0.2, 0.25) is 0 Å². The summed E-state index contributed by atoms with van der Waals surface area (Å²) in [5.74, 6) is 0.184. The van der Waals surface area contributed by atoms with Crippen LogP contribution in [0.4, 0.5) is 18.0 Å². The maximum Gasteiger partial charge on any atom is 0.408 e. The van der Waals surface area contributed by atoms with Crippen LogP contribution in [-0.2, 0) is 0 Å². The fourth-order valence-electron chi connectivity index (χ4n) is 3.70. The number of aryl methyl sites for hydroxylation is 1. The van der Waals surface area contributed by atoms with Crippen molar-refractivity contribution in [2.45, 2.75) is 63.7 Å². The van der Waals surface area contributed by atoms with E-state index in [1.165, 1.54) is 4.90 Å². The zero-order chi connectivity index (χ0) is 17.3. The molecule has 2 atom stereocenters. The quantitative estimate of drug-likeness (QED) is 0.911. The van der Waals surface area contributed by atoms with Gasteiger partial charge in [0, 0.05) is 13.5 Å². The predicted molar refractivity (Wildman–Crippen MR) is 78.0 cm³/mol. The van der Waals surface area contributed by atoms with Crippen LogP contribution >= 0.6 is 0 Å². The number of hydrogen-bond acceptors (Lipinski definition) is 4. The molecule has 2 heterocycles. The van der Waals surface area contributed by atoms with Gasteiger partial charge in [-0.05, 0) is 31.6 Å². The van der Waals surface area contributed by atoms with Crippen molar-refractivity contribution in [3.05, 3.63) is 11.7 Å². The van der Waals surface area contributed by atoms with Crippen molar-refractivity contribution in [1.29, 1.82) is 0 Å². The number of aromatic nitrogens is 2. The molecule has 0 radical (unpaired) electrons. The second-order valence-corrected chi connectivity index (χ2v) is 6.54. The molecule has 1 aromatic rings. The standard InChI is InChI=1S/C15H21F3N4O2/c1-9-19-13(21-24-9)11-7-4-8-22(11)14(23)20-12(15(16,17)18)10-5-2-3-6-10/h10-12H,2-8H2,1H3,(H,20,23)/t11-,12+/m1/s1. The molecule has 6 nitrogen and oxygen atoms in total. The average molecular weight is 346 g/mol. The normalized spacial score (nSPS) is 23.7. The summed E-state index contributed by atoms with van der Waals surface area (Å²) >= 11 is 0. The molecule has 0 bridgehead atoms. The van der Waals surface area contributed by atoms with Gasteiger partial charge in [-0.25, -0.2) is 4.79 Å². The number of urea groups is 1. The SMILES string of the molecule is Cc1nc([C@H]2CCCN2C(=O)N[C@@H](C2CCCC2)C(F)(F)F)no1. The first kappa shape index (κ1) is 17.0. The van der Waals surface area contributed by atoms with Gasteiger partial charge in [0.1, 0.15) is 6.04 Å². The Bertz CT molecular complexity index is 584. The lowest BCUT2D eigenvalue weighted by Crippen LogP contribution is -2.53. The molecule has 1 saturated carbocycles. The molecule has 2 fully saturated rings. The fourth-order valence-corrected chi connectivity index (χ4v) is 3.70.